The molecule has 0 saturated heterocycles. The van der Waals surface area contributed by atoms with Crippen molar-refractivity contribution < 1.29 is 27.1 Å². The molecule has 1 heterocycles. The third-order valence-electron chi connectivity index (χ3n) is 1.74. The van der Waals surface area contributed by atoms with Gasteiger partial charge in [-0.15, -0.1) is 0 Å². The van der Waals surface area contributed by atoms with E-state index in [2.05, 4.69) is 4.74 Å². The summed E-state index contributed by atoms with van der Waals surface area (Å²) in [5, 5.41) is 0. The number of Topliss-reactive ketones (excluding diaryl/α,β-unsaturated/α-hetero) is 1. The molecule has 2 nitrogen and oxygen atoms in total. The van der Waals surface area contributed by atoms with Crippen LogP contribution in [0.3, 0.4) is 0 Å². The molecule has 0 bridgehead atoms. The van der Waals surface area contributed by atoms with Crippen molar-refractivity contribution in [3.05, 3.63) is 11.8 Å². The third kappa shape index (κ3) is 2.05. The van der Waals surface area contributed by atoms with Gasteiger partial charge >= 0.3 is 12.3 Å². The maximum Gasteiger partial charge on any atom is 0.372 e. The zero-order chi connectivity index (χ0) is 10.8. The Kier molecular flexibility index (Phi) is 3.13. The third-order valence-corrected chi connectivity index (χ3v) is 1.74. The van der Waals surface area contributed by atoms with Crippen molar-refractivity contribution in [1.82, 2.24) is 0 Å². The monoisotopic (exact) mass is 212 g/mol. The number of allylic oxidation sites excluding steroid dienone is 2. The zero-order valence-corrected chi connectivity index (χ0v) is 7.10. The van der Waals surface area contributed by atoms with E-state index in [0.29, 0.717) is 12.8 Å². The van der Waals surface area contributed by atoms with E-state index in [0.717, 1.165) is 6.08 Å². The number of carbonyl (C=O) groups is 1. The summed E-state index contributed by atoms with van der Waals surface area (Å²) in [6.45, 7) is 0.108. The van der Waals surface area contributed by atoms with Crippen LogP contribution in [0.5, 0.6) is 0 Å². The molecule has 0 amide bonds. The van der Waals surface area contributed by atoms with Gasteiger partial charge in [0.25, 0.3) is 5.78 Å². The summed E-state index contributed by atoms with van der Waals surface area (Å²) in [7, 11) is 0. The molecule has 0 unspecified atom stereocenters. The Morgan fingerprint density at radius 3 is 2.57 bits per heavy atom. The number of hydrogen-bond acceptors (Lipinski definition) is 2. The molecule has 0 fully saturated rings. The van der Waals surface area contributed by atoms with Crippen molar-refractivity contribution in [2.45, 2.75) is 25.2 Å². The molecule has 0 aromatic rings. The van der Waals surface area contributed by atoms with Crippen LogP contribution < -0.4 is 0 Å². The lowest BCUT2D eigenvalue weighted by Gasteiger charge is -2.18. The van der Waals surface area contributed by atoms with E-state index in [-0.39, 0.29) is 6.61 Å². The van der Waals surface area contributed by atoms with E-state index in [1.807, 2.05) is 0 Å². The molecule has 0 aliphatic carbocycles. The lowest BCUT2D eigenvalue weighted by Crippen LogP contribution is -2.38. The minimum atomic E-state index is -4.65. The number of hydrogen-bond donors (Lipinski definition) is 0. The quantitative estimate of drug-likeness (QED) is 0.670. The van der Waals surface area contributed by atoms with Gasteiger partial charge < -0.3 is 4.74 Å². The van der Waals surface area contributed by atoms with Gasteiger partial charge in [-0.25, -0.2) is 8.78 Å². The minimum Gasteiger partial charge on any atom is -0.490 e. The van der Waals surface area contributed by atoms with Gasteiger partial charge in [0, 0.05) is 0 Å². The van der Waals surface area contributed by atoms with Crippen LogP contribution in [0, 0.1) is 0 Å². The summed E-state index contributed by atoms with van der Waals surface area (Å²) < 4.78 is 53.1. The second-order valence-electron chi connectivity index (χ2n) is 2.81. The molecule has 0 radical (unpaired) electrons. The van der Waals surface area contributed by atoms with E-state index in [1.54, 1.807) is 0 Å². The summed E-state index contributed by atoms with van der Waals surface area (Å²) in [5.74, 6) is -7.24. The molecule has 1 aliphatic heterocycles. The van der Waals surface area contributed by atoms with Gasteiger partial charge in [0.1, 0.15) is 0 Å². The maximum atomic E-state index is 12.5. The van der Waals surface area contributed by atoms with E-state index in [1.165, 1.54) is 0 Å². The fourth-order valence-corrected chi connectivity index (χ4v) is 0.979. The minimum absolute atomic E-state index is 0.108. The molecule has 0 aromatic heterocycles. The molecule has 1 aliphatic rings. The lowest BCUT2D eigenvalue weighted by molar-refractivity contribution is -0.166. The molecule has 0 saturated carbocycles. The predicted molar refractivity (Wildman–Crippen MR) is 39.2 cm³/mol. The summed E-state index contributed by atoms with van der Waals surface area (Å²) >= 11 is 0. The Hall–Kier alpha value is -1.07. The van der Waals surface area contributed by atoms with E-state index in [4.69, 9.17) is 0 Å². The molecular weight excluding hydrogens is 204 g/mol. The molecule has 6 heteroatoms. The Morgan fingerprint density at radius 2 is 2.14 bits per heavy atom. The summed E-state index contributed by atoms with van der Waals surface area (Å²) in [6.07, 6.45) is -1.90. The van der Waals surface area contributed by atoms with Crippen LogP contribution in [0.2, 0.25) is 0 Å². The van der Waals surface area contributed by atoms with Crippen LogP contribution in [-0.2, 0) is 9.53 Å². The number of halogens is 4. The number of alkyl halides is 4. The number of ketones is 1. The first-order valence-corrected chi connectivity index (χ1v) is 4.00. The number of carbonyl (C=O) groups excluding carboxylic acids is 1. The zero-order valence-electron chi connectivity index (χ0n) is 7.10. The number of rotatable bonds is 3. The van der Waals surface area contributed by atoms with E-state index < -0.39 is 23.9 Å². The normalized spacial score (nSPS) is 17.6. The Morgan fingerprint density at radius 1 is 1.50 bits per heavy atom. The van der Waals surface area contributed by atoms with Gasteiger partial charge in [-0.05, 0) is 18.9 Å². The molecule has 14 heavy (non-hydrogen) atoms. The summed E-state index contributed by atoms with van der Waals surface area (Å²) in [4.78, 5) is 10.8. The van der Waals surface area contributed by atoms with E-state index >= 15 is 0 Å². The van der Waals surface area contributed by atoms with Crippen LogP contribution in [0.4, 0.5) is 17.6 Å². The number of ether oxygens (including phenoxy) is 1. The molecule has 1 rings (SSSR count). The molecule has 0 atom stereocenters. The smallest absolute Gasteiger partial charge is 0.372 e. The summed E-state index contributed by atoms with van der Waals surface area (Å²) in [5.41, 5.74) is 0. The summed E-state index contributed by atoms with van der Waals surface area (Å²) in [6, 6.07) is 0. The van der Waals surface area contributed by atoms with Gasteiger partial charge in [-0.1, -0.05) is 0 Å². The lowest BCUT2D eigenvalue weighted by atomic mass is 10.1. The largest absolute Gasteiger partial charge is 0.490 e. The van der Waals surface area contributed by atoms with Crippen molar-refractivity contribution in [2.24, 2.45) is 0 Å². The molecule has 0 aromatic carbocycles. The Balaban J connectivity index is 2.78. The van der Waals surface area contributed by atoms with Gasteiger partial charge in [-0.2, -0.15) is 8.78 Å². The van der Waals surface area contributed by atoms with Crippen LogP contribution >= 0.6 is 0 Å². The fourth-order valence-electron chi connectivity index (χ4n) is 0.979. The Labute approximate surface area is 77.5 Å². The van der Waals surface area contributed by atoms with Crippen molar-refractivity contribution in [3.8, 4) is 0 Å². The fraction of sp³-hybridized carbons (Fsp3) is 0.625. The average Bonchev–Trinajstić information content (AvgIpc) is 2.17. The maximum absolute atomic E-state index is 12.5. The van der Waals surface area contributed by atoms with Crippen LogP contribution in [-0.4, -0.2) is 24.7 Å². The van der Waals surface area contributed by atoms with Crippen molar-refractivity contribution in [3.63, 3.8) is 0 Å². The molecule has 0 N–H and O–H groups in total. The standard InChI is InChI=1S/C8H8F4O2/c9-7(10)8(11,12)6(13)5-3-1-2-4-14-5/h3,7H,1-2,4H2. The molecular formula is C8H8F4O2. The first kappa shape index (κ1) is 11.0. The highest BCUT2D eigenvalue weighted by Crippen LogP contribution is 2.28. The van der Waals surface area contributed by atoms with Gasteiger partial charge in [0.2, 0.25) is 0 Å². The van der Waals surface area contributed by atoms with Crippen LogP contribution in [0.1, 0.15) is 12.8 Å². The average molecular weight is 212 g/mol. The first-order valence-electron chi connectivity index (χ1n) is 4.00. The predicted octanol–water partition coefficient (Wildman–Crippen LogP) is 2.15. The first-order chi connectivity index (χ1) is 6.46. The topological polar surface area (TPSA) is 26.3 Å². The second-order valence-corrected chi connectivity index (χ2v) is 2.81. The van der Waals surface area contributed by atoms with Crippen molar-refractivity contribution in [1.29, 1.82) is 0 Å². The van der Waals surface area contributed by atoms with Gasteiger partial charge in [-0.3, -0.25) is 4.79 Å². The SMILES string of the molecule is O=C(C1=CCCCO1)C(F)(F)C(F)F. The highest BCUT2D eigenvalue weighted by molar-refractivity contribution is 5.99. The van der Waals surface area contributed by atoms with Crippen LogP contribution in [0.25, 0.3) is 0 Å². The van der Waals surface area contributed by atoms with Crippen molar-refractivity contribution >= 4 is 5.78 Å². The molecule has 0 spiro atoms. The second kappa shape index (κ2) is 3.98. The highest BCUT2D eigenvalue weighted by Gasteiger charge is 2.50. The van der Waals surface area contributed by atoms with Crippen LogP contribution in [0.15, 0.2) is 11.8 Å². The van der Waals surface area contributed by atoms with Gasteiger partial charge in [0.15, 0.2) is 5.76 Å². The van der Waals surface area contributed by atoms with Gasteiger partial charge in [0.05, 0.1) is 6.61 Å². The Bertz CT molecular complexity index is 260. The van der Waals surface area contributed by atoms with E-state index in [9.17, 15) is 22.4 Å². The highest BCUT2D eigenvalue weighted by atomic mass is 19.3. The van der Waals surface area contributed by atoms with Crippen molar-refractivity contribution in [2.75, 3.05) is 6.61 Å². The molecule has 80 valence electrons.